The van der Waals surface area contributed by atoms with Gasteiger partial charge < -0.3 is 24.8 Å². The van der Waals surface area contributed by atoms with Gasteiger partial charge in [0.1, 0.15) is 15.6 Å². The third kappa shape index (κ3) is 4.75. The lowest BCUT2D eigenvalue weighted by Gasteiger charge is -2.24. The van der Waals surface area contributed by atoms with Gasteiger partial charge in [0.25, 0.3) is 0 Å². The molecule has 1 aliphatic rings. The SMILES string of the molecule is COc1ncc(C(=O)O)c(N2CC[C@H](NC(=O)OC(C)(C)C)C2)c1Br. The molecule has 9 heteroatoms. The first-order valence-electron chi connectivity index (χ1n) is 7.82. The number of methoxy groups -OCH3 is 1. The predicted molar refractivity (Wildman–Crippen MR) is 95.4 cm³/mol. The van der Waals surface area contributed by atoms with Crippen LogP contribution < -0.4 is 15.0 Å². The van der Waals surface area contributed by atoms with Gasteiger partial charge in [-0.05, 0) is 43.1 Å². The lowest BCUT2D eigenvalue weighted by molar-refractivity contribution is 0.0508. The normalized spacial score (nSPS) is 17.3. The van der Waals surface area contributed by atoms with Gasteiger partial charge in [0.2, 0.25) is 5.88 Å². The minimum atomic E-state index is -1.07. The number of amides is 1. The quantitative estimate of drug-likeness (QED) is 0.778. The largest absolute Gasteiger partial charge is 0.480 e. The molecule has 2 N–H and O–H groups in total. The average Bonchev–Trinajstić information content (AvgIpc) is 2.92. The van der Waals surface area contributed by atoms with E-state index < -0.39 is 17.7 Å². The molecule has 0 bridgehead atoms. The van der Waals surface area contributed by atoms with Crippen molar-refractivity contribution in [1.82, 2.24) is 10.3 Å². The molecular weight excluding hydrogens is 394 g/mol. The number of anilines is 1. The maximum Gasteiger partial charge on any atom is 0.407 e. The number of carbonyl (C=O) groups is 2. The summed E-state index contributed by atoms with van der Waals surface area (Å²) in [6.45, 7) is 6.45. The lowest BCUT2D eigenvalue weighted by atomic mass is 10.2. The van der Waals surface area contributed by atoms with Crippen LogP contribution in [0.4, 0.5) is 10.5 Å². The van der Waals surface area contributed by atoms with E-state index >= 15 is 0 Å². The number of alkyl carbamates (subject to hydrolysis) is 1. The van der Waals surface area contributed by atoms with Crippen LogP contribution in [0, 0.1) is 0 Å². The highest BCUT2D eigenvalue weighted by Gasteiger charge is 2.31. The van der Waals surface area contributed by atoms with E-state index in [1.54, 1.807) is 20.8 Å². The Labute approximate surface area is 154 Å². The van der Waals surface area contributed by atoms with Gasteiger partial charge in [0.15, 0.2) is 0 Å². The topological polar surface area (TPSA) is 101 Å². The van der Waals surface area contributed by atoms with E-state index in [0.717, 1.165) is 0 Å². The Kier molecular flexibility index (Phi) is 5.76. The summed E-state index contributed by atoms with van der Waals surface area (Å²) < 4.78 is 10.9. The number of ether oxygens (including phenoxy) is 2. The van der Waals surface area contributed by atoms with Gasteiger partial charge in [-0.15, -0.1) is 0 Å². The van der Waals surface area contributed by atoms with Gasteiger partial charge in [-0.25, -0.2) is 14.6 Å². The van der Waals surface area contributed by atoms with Gasteiger partial charge in [-0.3, -0.25) is 0 Å². The van der Waals surface area contributed by atoms with Gasteiger partial charge in [0.05, 0.1) is 18.8 Å². The summed E-state index contributed by atoms with van der Waals surface area (Å²) in [5, 5.41) is 12.3. The van der Waals surface area contributed by atoms with Crippen molar-refractivity contribution in [3.8, 4) is 5.88 Å². The number of rotatable bonds is 4. The van der Waals surface area contributed by atoms with Crippen molar-refractivity contribution < 1.29 is 24.2 Å². The summed E-state index contributed by atoms with van der Waals surface area (Å²) in [5.74, 6) is -0.766. The maximum atomic E-state index is 11.9. The molecule has 138 valence electrons. The number of hydrogen-bond acceptors (Lipinski definition) is 6. The number of halogens is 1. The molecule has 1 atom stereocenters. The molecule has 0 saturated carbocycles. The van der Waals surface area contributed by atoms with Crippen LogP contribution in [0.1, 0.15) is 37.6 Å². The third-order valence-corrected chi connectivity index (χ3v) is 4.33. The van der Waals surface area contributed by atoms with Gasteiger partial charge in [0, 0.05) is 19.3 Å². The summed E-state index contributed by atoms with van der Waals surface area (Å²) in [4.78, 5) is 29.3. The highest BCUT2D eigenvalue weighted by atomic mass is 79.9. The van der Waals surface area contributed by atoms with E-state index in [1.807, 2.05) is 4.90 Å². The number of carboxylic acid groups (broad SMARTS) is 1. The first kappa shape index (κ1) is 19.3. The Bertz CT molecular complexity index is 674. The van der Waals surface area contributed by atoms with Gasteiger partial charge >= 0.3 is 12.1 Å². The minimum absolute atomic E-state index is 0.0746. The van der Waals surface area contributed by atoms with Crippen molar-refractivity contribution >= 4 is 33.7 Å². The molecule has 1 amide bonds. The second-order valence-corrected chi connectivity index (χ2v) is 7.52. The van der Waals surface area contributed by atoms with Crippen LogP contribution in [0.3, 0.4) is 0 Å². The van der Waals surface area contributed by atoms with Crippen LogP contribution in [0.5, 0.6) is 5.88 Å². The third-order valence-electron chi connectivity index (χ3n) is 3.61. The zero-order chi connectivity index (χ0) is 18.8. The Morgan fingerprint density at radius 2 is 2.12 bits per heavy atom. The number of pyridine rings is 1. The van der Waals surface area contributed by atoms with E-state index in [0.29, 0.717) is 35.6 Å². The fraction of sp³-hybridized carbons (Fsp3) is 0.562. The van der Waals surface area contributed by atoms with Crippen LogP contribution in [0.2, 0.25) is 0 Å². The molecule has 1 aromatic rings. The highest BCUT2D eigenvalue weighted by Crippen LogP contribution is 2.37. The molecule has 25 heavy (non-hydrogen) atoms. The number of carboxylic acids is 1. The first-order chi connectivity index (χ1) is 11.6. The second-order valence-electron chi connectivity index (χ2n) is 6.73. The number of nitrogens with zero attached hydrogens (tertiary/aromatic N) is 2. The maximum absolute atomic E-state index is 11.9. The van der Waals surface area contributed by atoms with Crippen molar-refractivity contribution in [2.24, 2.45) is 0 Å². The zero-order valence-electron chi connectivity index (χ0n) is 14.6. The molecule has 2 heterocycles. The highest BCUT2D eigenvalue weighted by molar-refractivity contribution is 9.10. The first-order valence-corrected chi connectivity index (χ1v) is 8.62. The molecule has 1 aliphatic heterocycles. The molecule has 0 unspecified atom stereocenters. The molecule has 0 aliphatic carbocycles. The molecule has 0 aromatic carbocycles. The summed E-state index contributed by atoms with van der Waals surface area (Å²) in [6, 6.07) is -0.137. The van der Waals surface area contributed by atoms with E-state index in [4.69, 9.17) is 9.47 Å². The predicted octanol–water partition coefficient (Wildman–Crippen LogP) is 2.65. The molecule has 2 rings (SSSR count). The fourth-order valence-electron chi connectivity index (χ4n) is 2.62. The zero-order valence-corrected chi connectivity index (χ0v) is 16.2. The molecular formula is C16H22BrN3O5. The number of aromatic carboxylic acids is 1. The summed E-state index contributed by atoms with van der Waals surface area (Å²) in [6.07, 6.45) is 1.47. The Balaban J connectivity index is 2.16. The van der Waals surface area contributed by atoms with Crippen LogP contribution in [0.25, 0.3) is 0 Å². The van der Waals surface area contributed by atoms with E-state index in [-0.39, 0.29) is 11.6 Å². The summed E-state index contributed by atoms with van der Waals surface area (Å²) in [5.41, 5.74) is -0.00111. The van der Waals surface area contributed by atoms with Crippen LogP contribution in [0.15, 0.2) is 10.7 Å². The average molecular weight is 416 g/mol. The summed E-state index contributed by atoms with van der Waals surface area (Å²) >= 11 is 3.38. The molecule has 1 fully saturated rings. The monoisotopic (exact) mass is 415 g/mol. The Hall–Kier alpha value is -2.03. The Morgan fingerprint density at radius 3 is 2.68 bits per heavy atom. The number of hydrogen-bond donors (Lipinski definition) is 2. The Morgan fingerprint density at radius 1 is 1.44 bits per heavy atom. The van der Waals surface area contributed by atoms with Crippen molar-refractivity contribution in [2.75, 3.05) is 25.1 Å². The number of aromatic nitrogens is 1. The van der Waals surface area contributed by atoms with Gasteiger partial charge in [-0.2, -0.15) is 0 Å². The molecule has 8 nitrogen and oxygen atoms in total. The molecule has 1 saturated heterocycles. The van der Waals surface area contributed by atoms with Crippen molar-refractivity contribution in [3.05, 3.63) is 16.2 Å². The smallest absolute Gasteiger partial charge is 0.407 e. The van der Waals surface area contributed by atoms with Crippen molar-refractivity contribution in [1.29, 1.82) is 0 Å². The van der Waals surface area contributed by atoms with E-state index in [2.05, 4.69) is 26.2 Å². The van der Waals surface area contributed by atoms with E-state index in [9.17, 15) is 14.7 Å². The van der Waals surface area contributed by atoms with Crippen LogP contribution in [-0.4, -0.2) is 54.0 Å². The van der Waals surface area contributed by atoms with Crippen LogP contribution in [-0.2, 0) is 4.74 Å². The fourth-order valence-corrected chi connectivity index (χ4v) is 3.35. The van der Waals surface area contributed by atoms with Gasteiger partial charge in [-0.1, -0.05) is 0 Å². The van der Waals surface area contributed by atoms with E-state index in [1.165, 1.54) is 13.3 Å². The van der Waals surface area contributed by atoms with Crippen LogP contribution >= 0.6 is 15.9 Å². The lowest BCUT2D eigenvalue weighted by Crippen LogP contribution is -2.40. The molecule has 0 spiro atoms. The molecule has 1 aromatic heterocycles. The van der Waals surface area contributed by atoms with Crippen molar-refractivity contribution in [3.63, 3.8) is 0 Å². The second kappa shape index (κ2) is 7.47. The minimum Gasteiger partial charge on any atom is -0.480 e. The standard InChI is InChI=1S/C16H22BrN3O5/c1-16(2,3)25-15(23)19-9-5-6-20(8-9)12-10(14(21)22)7-18-13(24-4)11(12)17/h7,9H,5-6,8H2,1-4H3,(H,19,23)(H,21,22)/t9-/m0/s1. The number of carbonyl (C=O) groups excluding carboxylic acids is 1. The summed E-state index contributed by atoms with van der Waals surface area (Å²) in [7, 11) is 1.47. The molecule has 0 radical (unpaired) electrons. The van der Waals surface area contributed by atoms with Crippen molar-refractivity contribution in [2.45, 2.75) is 38.8 Å². The number of nitrogens with one attached hydrogen (secondary N) is 1.